The van der Waals surface area contributed by atoms with Crippen molar-refractivity contribution in [2.75, 3.05) is 13.6 Å². The molecule has 293 valence electrons. The lowest BCUT2D eigenvalue weighted by Crippen LogP contribution is -2.40. The van der Waals surface area contributed by atoms with Crippen molar-refractivity contribution in [3.63, 3.8) is 0 Å². The Labute approximate surface area is 342 Å². The van der Waals surface area contributed by atoms with Gasteiger partial charge in [-0.25, -0.2) is 9.98 Å². The van der Waals surface area contributed by atoms with Gasteiger partial charge in [0.15, 0.2) is 13.1 Å². The van der Waals surface area contributed by atoms with Gasteiger partial charge in [-0.05, 0) is 87.1 Å². The summed E-state index contributed by atoms with van der Waals surface area (Å²) in [6, 6.07) is 34.0. The molecule has 7 heteroatoms. The lowest BCUT2D eigenvalue weighted by molar-refractivity contribution is -0.0236. The Kier molecular flexibility index (Phi) is 13.9. The summed E-state index contributed by atoms with van der Waals surface area (Å²) in [5, 5.41) is 12.2. The molecule has 1 atom stereocenters. The van der Waals surface area contributed by atoms with Crippen LogP contribution in [0.1, 0.15) is 96.4 Å². The third-order valence-electron chi connectivity index (χ3n) is 10.8. The van der Waals surface area contributed by atoms with E-state index in [-0.39, 0.29) is 11.6 Å². The first-order valence-corrected chi connectivity index (χ1v) is 20.2. The van der Waals surface area contributed by atoms with E-state index >= 15 is 0 Å². The van der Waals surface area contributed by atoms with E-state index in [1.165, 1.54) is 0 Å². The smallest absolute Gasteiger partial charge is 0.159 e. The Morgan fingerprint density at radius 1 is 0.860 bits per heavy atom. The van der Waals surface area contributed by atoms with Crippen LogP contribution < -0.4 is 5.46 Å². The lowest BCUT2D eigenvalue weighted by Gasteiger charge is -2.37. The largest absolute Gasteiger partial charge is 0.390 e. The van der Waals surface area contributed by atoms with Gasteiger partial charge in [0.05, 0.1) is 16.8 Å². The molecule has 1 aromatic heterocycles. The van der Waals surface area contributed by atoms with Crippen LogP contribution in [0.25, 0.3) is 34.2 Å². The Morgan fingerprint density at radius 3 is 2.14 bits per heavy atom. The fraction of sp³-hybridized carbons (Fsp3) is 0.300. The molecule has 0 spiro atoms. The minimum atomic E-state index is -0.864. The van der Waals surface area contributed by atoms with Crippen LogP contribution >= 0.6 is 0 Å². The molecule has 1 aliphatic heterocycles. The van der Waals surface area contributed by atoms with Crippen molar-refractivity contribution in [2.24, 2.45) is 20.4 Å². The first-order chi connectivity index (χ1) is 27.4. The molecule has 0 saturated carbocycles. The minimum absolute atomic E-state index is 0.262. The molecule has 1 N–H and O–H groups in total. The number of fused-ring (bicyclic) bond motifs is 1. The van der Waals surface area contributed by atoms with E-state index in [9.17, 15) is 5.11 Å². The molecule has 0 amide bonds. The molecule has 0 fully saturated rings. The highest BCUT2D eigenvalue weighted by atomic mass is 16.3. The number of hydrogen-bond acceptors (Lipinski definition) is 5. The van der Waals surface area contributed by atoms with Crippen LogP contribution in [-0.4, -0.2) is 58.6 Å². The summed E-state index contributed by atoms with van der Waals surface area (Å²) in [5.74, 6) is 2.41. The second kappa shape index (κ2) is 18.6. The molecule has 0 saturated heterocycles. The molecule has 6 rings (SSSR count). The Balaban J connectivity index is 0.00000305. The van der Waals surface area contributed by atoms with Gasteiger partial charge in [-0.1, -0.05) is 143 Å². The van der Waals surface area contributed by atoms with Crippen molar-refractivity contribution in [1.29, 1.82) is 0 Å². The van der Waals surface area contributed by atoms with E-state index in [0.29, 0.717) is 18.7 Å². The van der Waals surface area contributed by atoms with Crippen molar-refractivity contribution < 1.29 is 5.11 Å². The molecule has 57 heavy (non-hydrogen) atoms. The van der Waals surface area contributed by atoms with Crippen LogP contribution in [0.3, 0.4) is 0 Å². The number of aliphatic hydroxyl groups is 1. The van der Waals surface area contributed by atoms with Crippen LogP contribution in [0.15, 0.2) is 137 Å². The van der Waals surface area contributed by atoms with Gasteiger partial charge in [-0.2, -0.15) is 0 Å². The first-order valence-electron chi connectivity index (χ1n) is 20.2. The summed E-state index contributed by atoms with van der Waals surface area (Å²) in [6.07, 6.45) is 10.7. The number of benzene rings is 4. The number of aliphatic imine (C=N–C) groups is 3. The fourth-order valence-corrected chi connectivity index (χ4v) is 6.95. The van der Waals surface area contributed by atoms with E-state index in [1.54, 1.807) is 0 Å². The van der Waals surface area contributed by atoms with Crippen molar-refractivity contribution in [1.82, 2.24) is 9.47 Å². The number of allylic oxidation sites excluding steroid dienone is 3. The Bertz CT molecular complexity index is 2320. The Morgan fingerprint density at radius 2 is 1.53 bits per heavy atom. The highest BCUT2D eigenvalue weighted by molar-refractivity contribution is 6.54. The average molecular weight is 757 g/mol. The SMILES string of the molecule is C=Cc1c(/C=C\C)c2cc(-c3cc([B]CC(C)(C)C(C)(C)O)cc(C4=NC(c5ccccc5)N(C)C(c5ccccc5)=N4)c3)ccc2n1C(/C=C\C)=NCC.CC. The number of nitrogens with zero attached hydrogens (tertiary/aromatic N) is 5. The maximum absolute atomic E-state index is 11.0. The van der Waals surface area contributed by atoms with Gasteiger partial charge in [0, 0.05) is 35.7 Å². The fourth-order valence-electron chi connectivity index (χ4n) is 6.95. The molecule has 5 aromatic rings. The molecular weight excluding hydrogens is 697 g/mol. The highest BCUT2D eigenvalue weighted by Gasteiger charge is 2.35. The molecule has 0 aliphatic carbocycles. The summed E-state index contributed by atoms with van der Waals surface area (Å²) in [6.45, 7) is 23.0. The molecule has 0 bridgehead atoms. The van der Waals surface area contributed by atoms with Crippen LogP contribution in [0.5, 0.6) is 0 Å². The van der Waals surface area contributed by atoms with Crippen molar-refractivity contribution >= 4 is 53.3 Å². The number of rotatable bonds is 12. The summed E-state index contributed by atoms with van der Waals surface area (Å²) in [4.78, 5) is 17.6. The number of aromatic nitrogens is 1. The van der Waals surface area contributed by atoms with Gasteiger partial charge in [-0.3, -0.25) is 9.56 Å². The second-order valence-electron chi connectivity index (χ2n) is 15.2. The third-order valence-corrected chi connectivity index (χ3v) is 10.8. The lowest BCUT2D eigenvalue weighted by atomic mass is 9.55. The number of amidine groups is 2. The van der Waals surface area contributed by atoms with Gasteiger partial charge in [0.1, 0.15) is 17.8 Å². The predicted octanol–water partition coefficient (Wildman–Crippen LogP) is 11.2. The van der Waals surface area contributed by atoms with Crippen molar-refractivity contribution in [3.8, 4) is 11.1 Å². The van der Waals surface area contributed by atoms with Gasteiger partial charge in [-0.15, -0.1) is 0 Å². The van der Waals surface area contributed by atoms with Crippen molar-refractivity contribution in [2.45, 2.75) is 80.4 Å². The topological polar surface area (TPSA) is 65.5 Å². The van der Waals surface area contributed by atoms with Gasteiger partial charge in [0.25, 0.3) is 0 Å². The first kappa shape index (κ1) is 42.6. The van der Waals surface area contributed by atoms with Crippen molar-refractivity contribution in [3.05, 3.63) is 150 Å². The van der Waals surface area contributed by atoms with Gasteiger partial charge < -0.3 is 10.0 Å². The molecule has 1 aliphatic rings. The maximum Gasteiger partial charge on any atom is 0.159 e. The maximum atomic E-state index is 11.0. The zero-order chi connectivity index (χ0) is 41.3. The summed E-state index contributed by atoms with van der Waals surface area (Å²) in [7, 11) is 4.30. The summed E-state index contributed by atoms with van der Waals surface area (Å²) < 4.78 is 2.20. The zero-order valence-corrected chi connectivity index (χ0v) is 35.6. The van der Waals surface area contributed by atoms with Crippen LogP contribution in [0.4, 0.5) is 0 Å². The quantitative estimate of drug-likeness (QED) is 0.0783. The molecule has 2 heterocycles. The molecule has 4 aromatic carbocycles. The Hall–Kier alpha value is -5.53. The van der Waals surface area contributed by atoms with E-state index < -0.39 is 5.60 Å². The summed E-state index contributed by atoms with van der Waals surface area (Å²) >= 11 is 0. The predicted molar refractivity (Wildman–Crippen MR) is 248 cm³/mol. The van der Waals surface area contributed by atoms with Crippen LogP contribution in [-0.2, 0) is 0 Å². The standard InChI is InChI=1S/C48H53BN5O.C2H6/c1-10-20-39-40-31-35(26-27-42(40)54(41(39)12-3)43(21-11-2)50-13-4)36-28-37(30-38(29-36)49-32-47(5,6)48(7,8)55)44-51-45(33-22-16-14-17-23-33)53(9)46(52-44)34-24-18-15-19-25-34;1-2/h10-12,14-31,45,55H,3,13,32H2,1-2,4-9H3;1-2H3/b20-10-,21-11-,50-43?;. The highest BCUT2D eigenvalue weighted by Crippen LogP contribution is 2.36. The van der Waals surface area contributed by atoms with Crippen LogP contribution in [0, 0.1) is 5.41 Å². The van der Waals surface area contributed by atoms with Gasteiger partial charge >= 0.3 is 0 Å². The van der Waals surface area contributed by atoms with E-state index in [0.717, 1.165) is 67.1 Å². The van der Waals surface area contributed by atoms with E-state index in [4.69, 9.17) is 15.0 Å². The normalized spacial score (nSPS) is 15.1. The zero-order valence-electron chi connectivity index (χ0n) is 35.6. The monoisotopic (exact) mass is 756 g/mol. The molecule has 1 unspecified atom stereocenters. The number of hydrogen-bond donors (Lipinski definition) is 1. The van der Waals surface area contributed by atoms with E-state index in [2.05, 4.69) is 142 Å². The average Bonchev–Trinajstić information content (AvgIpc) is 3.53. The summed E-state index contributed by atoms with van der Waals surface area (Å²) in [5.41, 5.74) is 8.16. The molecule has 6 nitrogen and oxygen atoms in total. The molecule has 1 radical (unpaired) electrons. The van der Waals surface area contributed by atoms with Crippen LogP contribution in [0.2, 0.25) is 6.32 Å². The third kappa shape index (κ3) is 9.21. The molecular formula is C50H59BN5O. The minimum Gasteiger partial charge on any atom is -0.390 e. The van der Waals surface area contributed by atoms with E-state index in [1.807, 2.05) is 78.0 Å². The van der Waals surface area contributed by atoms with Gasteiger partial charge in [0.2, 0.25) is 0 Å². The second-order valence-corrected chi connectivity index (χ2v) is 15.2.